The molecule has 0 fully saturated rings. The maximum Gasteiger partial charge on any atom is 0.194 e. The predicted octanol–water partition coefficient (Wildman–Crippen LogP) is 3.73. The Morgan fingerprint density at radius 3 is 2.15 bits per heavy atom. The Balaban J connectivity index is 2.46. The van der Waals surface area contributed by atoms with Crippen molar-refractivity contribution in [1.82, 2.24) is 0 Å². The van der Waals surface area contributed by atoms with Crippen LogP contribution in [0.25, 0.3) is 0 Å². The van der Waals surface area contributed by atoms with Crippen molar-refractivity contribution in [3.05, 3.63) is 58.4 Å². The van der Waals surface area contributed by atoms with Crippen LogP contribution >= 0.6 is 11.6 Å². The van der Waals surface area contributed by atoms with Crippen LogP contribution in [-0.4, -0.2) is 20.0 Å². The van der Waals surface area contributed by atoms with Crippen molar-refractivity contribution in [2.75, 3.05) is 14.2 Å². The van der Waals surface area contributed by atoms with Gasteiger partial charge in [-0.05, 0) is 30.3 Å². The second kappa shape index (κ2) is 5.92. The van der Waals surface area contributed by atoms with Crippen LogP contribution in [0.3, 0.4) is 0 Å². The summed E-state index contributed by atoms with van der Waals surface area (Å²) in [5.41, 5.74) is 0.622. The zero-order chi connectivity index (χ0) is 14.7. The standard InChI is InChI=1S/C15H12ClFO3/c1-19-13-7-11(12(16)8-14(13)20-2)15(18)9-3-5-10(17)6-4-9/h3-8H,1-2H3. The lowest BCUT2D eigenvalue weighted by atomic mass is 10.0. The van der Waals surface area contributed by atoms with Gasteiger partial charge in [0, 0.05) is 17.2 Å². The average molecular weight is 295 g/mol. The molecule has 0 N–H and O–H groups in total. The van der Waals surface area contributed by atoms with E-state index in [1.165, 1.54) is 50.6 Å². The summed E-state index contributed by atoms with van der Waals surface area (Å²) in [6.07, 6.45) is 0. The van der Waals surface area contributed by atoms with Gasteiger partial charge in [-0.25, -0.2) is 4.39 Å². The molecule has 0 unspecified atom stereocenters. The number of ketones is 1. The summed E-state index contributed by atoms with van der Waals surface area (Å²) in [5.74, 6) is 0.131. The van der Waals surface area contributed by atoms with Crippen molar-refractivity contribution in [2.24, 2.45) is 0 Å². The van der Waals surface area contributed by atoms with Crippen LogP contribution in [0.5, 0.6) is 11.5 Å². The zero-order valence-electron chi connectivity index (χ0n) is 10.9. The number of ether oxygens (including phenoxy) is 2. The third-order valence-corrected chi connectivity index (χ3v) is 3.14. The predicted molar refractivity (Wildman–Crippen MR) is 74.4 cm³/mol. The van der Waals surface area contributed by atoms with Crippen molar-refractivity contribution in [1.29, 1.82) is 0 Å². The minimum absolute atomic E-state index is 0.247. The highest BCUT2D eigenvalue weighted by Gasteiger charge is 2.17. The van der Waals surface area contributed by atoms with Gasteiger partial charge in [0.1, 0.15) is 5.82 Å². The molecule has 104 valence electrons. The largest absolute Gasteiger partial charge is 0.493 e. The SMILES string of the molecule is COc1cc(Cl)c(C(=O)c2ccc(F)cc2)cc1OC. The molecule has 0 heterocycles. The molecule has 2 aromatic carbocycles. The number of benzene rings is 2. The van der Waals surface area contributed by atoms with E-state index in [1.54, 1.807) is 0 Å². The molecule has 2 aromatic rings. The van der Waals surface area contributed by atoms with Gasteiger partial charge in [-0.3, -0.25) is 4.79 Å². The average Bonchev–Trinajstić information content (AvgIpc) is 2.47. The Hall–Kier alpha value is -2.07. The number of halogens is 2. The third kappa shape index (κ3) is 2.75. The van der Waals surface area contributed by atoms with Crippen molar-refractivity contribution < 1.29 is 18.7 Å². The quantitative estimate of drug-likeness (QED) is 0.806. The molecule has 20 heavy (non-hydrogen) atoms. The molecular formula is C15H12ClFO3. The first-order chi connectivity index (χ1) is 9.56. The van der Waals surface area contributed by atoms with Crippen molar-refractivity contribution in [3.8, 4) is 11.5 Å². The van der Waals surface area contributed by atoms with Gasteiger partial charge >= 0.3 is 0 Å². The van der Waals surface area contributed by atoms with Gasteiger partial charge in [0.25, 0.3) is 0 Å². The van der Waals surface area contributed by atoms with Gasteiger partial charge in [0.15, 0.2) is 17.3 Å². The number of methoxy groups -OCH3 is 2. The normalized spacial score (nSPS) is 10.2. The lowest BCUT2D eigenvalue weighted by Gasteiger charge is -2.11. The van der Waals surface area contributed by atoms with Crippen LogP contribution in [0.2, 0.25) is 5.02 Å². The van der Waals surface area contributed by atoms with Gasteiger partial charge in [0.2, 0.25) is 0 Å². The summed E-state index contributed by atoms with van der Waals surface area (Å²) in [4.78, 5) is 12.3. The van der Waals surface area contributed by atoms with Crippen LogP contribution in [0, 0.1) is 5.82 Å². The van der Waals surface area contributed by atoms with E-state index < -0.39 is 5.82 Å². The summed E-state index contributed by atoms with van der Waals surface area (Å²) in [6.45, 7) is 0. The second-order valence-electron chi connectivity index (χ2n) is 4.02. The Morgan fingerprint density at radius 2 is 1.60 bits per heavy atom. The van der Waals surface area contributed by atoms with E-state index in [1.807, 2.05) is 0 Å². The first kappa shape index (κ1) is 14.3. The first-order valence-electron chi connectivity index (χ1n) is 5.78. The molecule has 0 radical (unpaired) electrons. The number of carbonyl (C=O) groups excluding carboxylic acids is 1. The molecule has 5 heteroatoms. The fraction of sp³-hybridized carbons (Fsp3) is 0.133. The zero-order valence-corrected chi connectivity index (χ0v) is 11.7. The summed E-state index contributed by atoms with van der Waals surface area (Å²) in [5, 5.41) is 0.247. The van der Waals surface area contributed by atoms with Crippen molar-refractivity contribution >= 4 is 17.4 Å². The van der Waals surface area contributed by atoms with E-state index in [0.717, 1.165) is 0 Å². The second-order valence-corrected chi connectivity index (χ2v) is 4.43. The molecule has 0 aliphatic heterocycles. The summed E-state index contributed by atoms with van der Waals surface area (Å²) in [7, 11) is 2.95. The Morgan fingerprint density at radius 1 is 1.05 bits per heavy atom. The third-order valence-electron chi connectivity index (χ3n) is 2.82. The molecule has 0 bridgehead atoms. The Kier molecular flexibility index (Phi) is 4.25. The van der Waals surface area contributed by atoms with E-state index in [-0.39, 0.29) is 16.4 Å². The summed E-state index contributed by atoms with van der Waals surface area (Å²) in [6, 6.07) is 8.28. The minimum atomic E-state index is -0.403. The smallest absolute Gasteiger partial charge is 0.194 e. The molecule has 0 aliphatic rings. The van der Waals surface area contributed by atoms with E-state index in [9.17, 15) is 9.18 Å². The van der Waals surface area contributed by atoms with Crippen LogP contribution < -0.4 is 9.47 Å². The maximum atomic E-state index is 12.9. The highest BCUT2D eigenvalue weighted by molar-refractivity contribution is 6.35. The van der Waals surface area contributed by atoms with Crippen LogP contribution in [0.4, 0.5) is 4.39 Å². The molecule has 0 saturated carbocycles. The summed E-state index contributed by atoms with van der Waals surface area (Å²) >= 11 is 6.08. The van der Waals surface area contributed by atoms with Gasteiger partial charge in [0.05, 0.1) is 19.2 Å². The van der Waals surface area contributed by atoms with Gasteiger partial charge in [-0.15, -0.1) is 0 Å². The molecule has 3 nitrogen and oxygen atoms in total. The number of carbonyl (C=O) groups is 1. The molecule has 0 aromatic heterocycles. The van der Waals surface area contributed by atoms with Crippen molar-refractivity contribution in [2.45, 2.75) is 0 Å². The van der Waals surface area contributed by atoms with Crippen LogP contribution in [-0.2, 0) is 0 Å². The molecule has 0 aliphatic carbocycles. The molecule has 2 rings (SSSR count). The Labute approximate surface area is 120 Å². The van der Waals surface area contributed by atoms with E-state index in [0.29, 0.717) is 17.1 Å². The first-order valence-corrected chi connectivity index (χ1v) is 6.16. The monoisotopic (exact) mass is 294 g/mol. The van der Waals surface area contributed by atoms with E-state index in [4.69, 9.17) is 21.1 Å². The number of hydrogen-bond acceptors (Lipinski definition) is 3. The Bertz CT molecular complexity index is 638. The van der Waals surface area contributed by atoms with Gasteiger partial charge < -0.3 is 9.47 Å². The highest BCUT2D eigenvalue weighted by Crippen LogP contribution is 2.34. The summed E-state index contributed by atoms with van der Waals surface area (Å²) < 4.78 is 23.1. The molecule has 0 atom stereocenters. The van der Waals surface area contributed by atoms with Gasteiger partial charge in [-0.2, -0.15) is 0 Å². The van der Waals surface area contributed by atoms with E-state index in [2.05, 4.69) is 0 Å². The minimum Gasteiger partial charge on any atom is -0.493 e. The lowest BCUT2D eigenvalue weighted by molar-refractivity contribution is 0.103. The number of hydrogen-bond donors (Lipinski definition) is 0. The molecular weight excluding hydrogens is 283 g/mol. The van der Waals surface area contributed by atoms with E-state index >= 15 is 0 Å². The van der Waals surface area contributed by atoms with Crippen molar-refractivity contribution in [3.63, 3.8) is 0 Å². The maximum absolute atomic E-state index is 12.9. The molecule has 0 amide bonds. The fourth-order valence-corrected chi connectivity index (χ4v) is 2.02. The van der Waals surface area contributed by atoms with Crippen LogP contribution in [0.1, 0.15) is 15.9 Å². The highest BCUT2D eigenvalue weighted by atomic mass is 35.5. The number of rotatable bonds is 4. The van der Waals surface area contributed by atoms with Crippen LogP contribution in [0.15, 0.2) is 36.4 Å². The molecule has 0 spiro atoms. The topological polar surface area (TPSA) is 35.5 Å². The fourth-order valence-electron chi connectivity index (χ4n) is 1.78. The van der Waals surface area contributed by atoms with Gasteiger partial charge in [-0.1, -0.05) is 11.6 Å². The molecule has 0 saturated heterocycles. The lowest BCUT2D eigenvalue weighted by Crippen LogP contribution is -2.03.